The summed E-state index contributed by atoms with van der Waals surface area (Å²) in [5, 5.41) is 4.47. The van der Waals surface area contributed by atoms with E-state index in [-0.39, 0.29) is 5.91 Å². The molecule has 0 radical (unpaired) electrons. The summed E-state index contributed by atoms with van der Waals surface area (Å²) >= 11 is 1.74. The minimum Gasteiger partial charge on any atom is -0.359 e. The molecule has 0 aromatic heterocycles. The molecule has 0 saturated heterocycles. The Morgan fingerprint density at radius 1 is 1.50 bits per heavy atom. The van der Waals surface area contributed by atoms with Gasteiger partial charge in [-0.15, -0.1) is 11.8 Å². The molecule has 0 atom stereocenters. The van der Waals surface area contributed by atoms with E-state index < -0.39 is 0 Å². The molecule has 1 amide bonds. The largest absolute Gasteiger partial charge is 0.359 e. The zero-order valence-electron chi connectivity index (χ0n) is 7.64. The van der Waals surface area contributed by atoms with E-state index in [4.69, 9.17) is 0 Å². The Bertz CT molecular complexity index is 136. The van der Waals surface area contributed by atoms with E-state index in [0.29, 0.717) is 6.42 Å². The number of hydrogen-bond acceptors (Lipinski definition) is 2. The Morgan fingerprint density at radius 2 is 2.25 bits per heavy atom. The maximum atomic E-state index is 10.8. The molecule has 0 rings (SSSR count). The fraction of sp³-hybridized carbons (Fsp3) is 0.667. The molecule has 2 nitrogen and oxygen atoms in total. The molecule has 0 aliphatic rings. The van der Waals surface area contributed by atoms with Gasteiger partial charge >= 0.3 is 0 Å². The smallest absolute Gasteiger partial charge is 0.219 e. The van der Waals surface area contributed by atoms with Crippen LogP contribution in [0.5, 0.6) is 0 Å². The summed E-state index contributed by atoms with van der Waals surface area (Å²) in [6.07, 6.45) is 3.97. The van der Waals surface area contributed by atoms with Crippen molar-refractivity contribution < 1.29 is 4.79 Å². The van der Waals surface area contributed by atoms with E-state index in [9.17, 15) is 4.79 Å². The first-order chi connectivity index (χ1) is 5.81. The van der Waals surface area contributed by atoms with Gasteiger partial charge in [0.1, 0.15) is 0 Å². The molecule has 70 valence electrons. The quantitative estimate of drug-likeness (QED) is 0.619. The molecule has 0 aliphatic carbocycles. The fourth-order valence-corrected chi connectivity index (χ4v) is 1.39. The molecule has 0 fully saturated rings. The van der Waals surface area contributed by atoms with Crippen LogP contribution in [0.25, 0.3) is 0 Å². The minimum atomic E-state index is 0.145. The zero-order chi connectivity index (χ0) is 9.23. The third kappa shape index (κ3) is 7.66. The van der Waals surface area contributed by atoms with E-state index in [1.807, 2.05) is 5.41 Å². The minimum absolute atomic E-state index is 0.145. The molecule has 1 N–H and O–H groups in total. The van der Waals surface area contributed by atoms with Crippen LogP contribution < -0.4 is 5.32 Å². The molecule has 0 aromatic rings. The predicted molar refractivity (Wildman–Crippen MR) is 55.2 cm³/mol. The number of hydrogen-bond donors (Lipinski definition) is 1. The number of nitrogens with one attached hydrogen (secondary N) is 1. The Labute approximate surface area is 78.8 Å². The maximum Gasteiger partial charge on any atom is 0.219 e. The van der Waals surface area contributed by atoms with Crippen LogP contribution in [0.4, 0.5) is 0 Å². The molecule has 0 unspecified atom stereocenters. The van der Waals surface area contributed by atoms with Gasteiger partial charge in [0.05, 0.1) is 0 Å². The third-order valence-corrected chi connectivity index (χ3v) is 2.32. The standard InChI is InChI=1S/C9H17NOS/c1-3-12-8-6-4-5-7-9(11)10-2/h3H,1,4-8H2,2H3,(H,10,11). The first-order valence-corrected chi connectivity index (χ1v) is 5.29. The summed E-state index contributed by atoms with van der Waals surface area (Å²) in [4.78, 5) is 10.8. The van der Waals surface area contributed by atoms with Gasteiger partial charge in [-0.1, -0.05) is 13.0 Å². The Kier molecular flexibility index (Phi) is 8.34. The average molecular weight is 187 g/mol. The highest BCUT2D eigenvalue weighted by Crippen LogP contribution is 2.07. The molecular formula is C9H17NOS. The van der Waals surface area contributed by atoms with E-state index >= 15 is 0 Å². The van der Waals surface area contributed by atoms with E-state index in [0.717, 1.165) is 18.6 Å². The second kappa shape index (κ2) is 8.65. The maximum absolute atomic E-state index is 10.8. The monoisotopic (exact) mass is 187 g/mol. The van der Waals surface area contributed by atoms with E-state index in [1.54, 1.807) is 18.8 Å². The van der Waals surface area contributed by atoms with Crippen molar-refractivity contribution in [2.75, 3.05) is 12.8 Å². The highest BCUT2D eigenvalue weighted by molar-refractivity contribution is 8.02. The molecule has 3 heteroatoms. The van der Waals surface area contributed by atoms with Crippen molar-refractivity contribution in [3.63, 3.8) is 0 Å². The Balaban J connectivity index is 3.00. The fourth-order valence-electron chi connectivity index (χ4n) is 0.856. The van der Waals surface area contributed by atoms with E-state index in [1.165, 1.54) is 6.42 Å². The summed E-state index contributed by atoms with van der Waals surface area (Å²) < 4.78 is 0. The molecule has 0 aromatic carbocycles. The molecule has 12 heavy (non-hydrogen) atoms. The number of thioether (sulfide) groups is 1. The van der Waals surface area contributed by atoms with Crippen LogP contribution in [-0.4, -0.2) is 18.7 Å². The van der Waals surface area contributed by atoms with Crippen molar-refractivity contribution in [2.24, 2.45) is 0 Å². The molecule has 0 aliphatic heterocycles. The lowest BCUT2D eigenvalue weighted by Crippen LogP contribution is -2.16. The van der Waals surface area contributed by atoms with Crippen molar-refractivity contribution in [2.45, 2.75) is 25.7 Å². The van der Waals surface area contributed by atoms with Gasteiger partial charge in [-0.05, 0) is 24.0 Å². The molecule has 0 heterocycles. The number of amides is 1. The van der Waals surface area contributed by atoms with Crippen molar-refractivity contribution in [3.8, 4) is 0 Å². The summed E-state index contributed by atoms with van der Waals surface area (Å²) in [7, 11) is 1.68. The Hall–Kier alpha value is -0.440. The SMILES string of the molecule is C=CSCCCCCC(=O)NC. The van der Waals surface area contributed by atoms with Gasteiger partial charge in [-0.3, -0.25) is 4.79 Å². The van der Waals surface area contributed by atoms with Crippen LogP contribution in [0, 0.1) is 0 Å². The number of rotatable bonds is 7. The number of carbonyl (C=O) groups excluding carboxylic acids is 1. The van der Waals surface area contributed by atoms with Crippen LogP contribution in [-0.2, 0) is 4.79 Å². The Morgan fingerprint density at radius 3 is 2.83 bits per heavy atom. The zero-order valence-corrected chi connectivity index (χ0v) is 8.45. The van der Waals surface area contributed by atoms with Crippen molar-refractivity contribution >= 4 is 17.7 Å². The highest BCUT2D eigenvalue weighted by Gasteiger charge is 1.96. The summed E-state index contributed by atoms with van der Waals surface area (Å²) in [5.74, 6) is 1.27. The van der Waals surface area contributed by atoms with Crippen molar-refractivity contribution in [1.82, 2.24) is 5.32 Å². The van der Waals surface area contributed by atoms with Gasteiger partial charge in [0.2, 0.25) is 5.91 Å². The lowest BCUT2D eigenvalue weighted by Gasteiger charge is -1.98. The molecule has 0 spiro atoms. The van der Waals surface area contributed by atoms with E-state index in [2.05, 4.69) is 11.9 Å². The normalized spacial score (nSPS) is 9.42. The van der Waals surface area contributed by atoms with Crippen molar-refractivity contribution in [3.05, 3.63) is 12.0 Å². The van der Waals surface area contributed by atoms with Crippen LogP contribution in [0.1, 0.15) is 25.7 Å². The van der Waals surface area contributed by atoms with Gasteiger partial charge in [0.15, 0.2) is 0 Å². The predicted octanol–water partition coefficient (Wildman–Crippen LogP) is 2.17. The van der Waals surface area contributed by atoms with Gasteiger partial charge in [-0.2, -0.15) is 0 Å². The lowest BCUT2D eigenvalue weighted by molar-refractivity contribution is -0.120. The highest BCUT2D eigenvalue weighted by atomic mass is 32.2. The lowest BCUT2D eigenvalue weighted by atomic mass is 10.2. The number of unbranched alkanes of at least 4 members (excludes halogenated alkanes) is 2. The third-order valence-electron chi connectivity index (χ3n) is 1.56. The number of carbonyl (C=O) groups is 1. The van der Waals surface area contributed by atoms with Crippen LogP contribution in [0.2, 0.25) is 0 Å². The topological polar surface area (TPSA) is 29.1 Å². The van der Waals surface area contributed by atoms with Gasteiger partial charge in [0, 0.05) is 13.5 Å². The molecule has 0 saturated carbocycles. The van der Waals surface area contributed by atoms with Gasteiger partial charge in [-0.25, -0.2) is 0 Å². The van der Waals surface area contributed by atoms with Crippen LogP contribution in [0.15, 0.2) is 12.0 Å². The van der Waals surface area contributed by atoms with Crippen LogP contribution in [0.3, 0.4) is 0 Å². The summed E-state index contributed by atoms with van der Waals surface area (Å²) in [6, 6.07) is 0. The first kappa shape index (κ1) is 11.6. The van der Waals surface area contributed by atoms with Crippen LogP contribution >= 0.6 is 11.8 Å². The van der Waals surface area contributed by atoms with Gasteiger partial charge < -0.3 is 5.32 Å². The first-order valence-electron chi connectivity index (χ1n) is 4.24. The average Bonchev–Trinajstić information content (AvgIpc) is 2.10. The summed E-state index contributed by atoms with van der Waals surface area (Å²) in [5.41, 5.74) is 0. The van der Waals surface area contributed by atoms with Gasteiger partial charge in [0.25, 0.3) is 0 Å². The second-order valence-electron chi connectivity index (χ2n) is 2.52. The summed E-state index contributed by atoms with van der Waals surface area (Å²) in [6.45, 7) is 3.62. The molecular weight excluding hydrogens is 170 g/mol. The molecule has 0 bridgehead atoms. The van der Waals surface area contributed by atoms with Crippen molar-refractivity contribution in [1.29, 1.82) is 0 Å². The second-order valence-corrected chi connectivity index (χ2v) is 3.60.